The van der Waals surface area contributed by atoms with Gasteiger partial charge in [0.15, 0.2) is 9.84 Å². The molecule has 0 aliphatic heterocycles. The van der Waals surface area contributed by atoms with Crippen LogP contribution in [-0.2, 0) is 9.84 Å². The number of aliphatic hydroxyl groups is 1. The second-order valence-electron chi connectivity index (χ2n) is 5.16. The van der Waals surface area contributed by atoms with E-state index in [1.54, 1.807) is 30.3 Å². The van der Waals surface area contributed by atoms with Crippen LogP contribution in [0.2, 0.25) is 0 Å². The van der Waals surface area contributed by atoms with Crippen LogP contribution >= 0.6 is 0 Å². The molecule has 1 rings (SSSR count). The summed E-state index contributed by atoms with van der Waals surface area (Å²) in [5, 5.41) is 8.62. The van der Waals surface area contributed by atoms with E-state index in [4.69, 9.17) is 5.11 Å². The topological polar surface area (TPSA) is 54.4 Å². The molecule has 2 unspecified atom stereocenters. The normalized spacial score (nSPS) is 14.9. The Morgan fingerprint density at radius 1 is 1.32 bits per heavy atom. The lowest BCUT2D eigenvalue weighted by Gasteiger charge is -2.20. The lowest BCUT2D eigenvalue weighted by Crippen LogP contribution is -2.25. The highest BCUT2D eigenvalue weighted by atomic mass is 32.2. The molecule has 0 aliphatic carbocycles. The molecule has 0 spiro atoms. The van der Waals surface area contributed by atoms with Gasteiger partial charge in [-0.05, 0) is 37.8 Å². The maximum absolute atomic E-state index is 12.6. The third-order valence-corrected chi connectivity index (χ3v) is 5.23. The van der Waals surface area contributed by atoms with E-state index < -0.39 is 15.1 Å². The van der Waals surface area contributed by atoms with Gasteiger partial charge in [-0.2, -0.15) is 0 Å². The van der Waals surface area contributed by atoms with E-state index in [0.717, 1.165) is 5.57 Å². The van der Waals surface area contributed by atoms with Crippen molar-refractivity contribution in [2.75, 3.05) is 6.61 Å². The number of sulfone groups is 1. The van der Waals surface area contributed by atoms with Crippen molar-refractivity contribution in [3.8, 4) is 0 Å². The monoisotopic (exact) mass is 282 g/mol. The van der Waals surface area contributed by atoms with Gasteiger partial charge in [0.1, 0.15) is 0 Å². The summed E-state index contributed by atoms with van der Waals surface area (Å²) in [6, 6.07) is 8.47. The van der Waals surface area contributed by atoms with Crippen LogP contribution in [-0.4, -0.2) is 25.4 Å². The molecular formula is C15H22O3S. The van der Waals surface area contributed by atoms with E-state index in [9.17, 15) is 8.42 Å². The highest BCUT2D eigenvalue weighted by Crippen LogP contribution is 2.25. The van der Waals surface area contributed by atoms with E-state index in [-0.39, 0.29) is 12.5 Å². The highest BCUT2D eigenvalue weighted by molar-refractivity contribution is 7.92. The highest BCUT2D eigenvalue weighted by Gasteiger charge is 2.28. The number of allylic oxidation sites excluding steroid dienone is 1. The molecule has 1 aromatic rings. The van der Waals surface area contributed by atoms with Crippen molar-refractivity contribution in [1.82, 2.24) is 0 Å². The Morgan fingerprint density at radius 2 is 1.89 bits per heavy atom. The van der Waals surface area contributed by atoms with Crippen LogP contribution in [0.3, 0.4) is 0 Å². The first-order chi connectivity index (χ1) is 8.87. The zero-order valence-corrected chi connectivity index (χ0v) is 12.4. The maximum Gasteiger partial charge on any atom is 0.181 e. The average Bonchev–Trinajstić information content (AvgIpc) is 2.38. The molecular weight excluding hydrogens is 260 g/mol. The molecule has 0 amide bonds. The summed E-state index contributed by atoms with van der Waals surface area (Å²) in [7, 11) is -3.37. The van der Waals surface area contributed by atoms with Gasteiger partial charge in [0.25, 0.3) is 0 Å². The zero-order chi connectivity index (χ0) is 14.5. The molecule has 0 aromatic heterocycles. The third kappa shape index (κ3) is 4.48. The smallest absolute Gasteiger partial charge is 0.181 e. The molecule has 0 saturated carbocycles. The summed E-state index contributed by atoms with van der Waals surface area (Å²) in [6.07, 6.45) is 0.877. The minimum absolute atomic E-state index is 0.00298. The predicted octanol–water partition coefficient (Wildman–Crippen LogP) is 2.81. The van der Waals surface area contributed by atoms with Crippen molar-refractivity contribution >= 4 is 9.84 Å². The Balaban J connectivity index is 3.05. The molecule has 1 N–H and O–H groups in total. The van der Waals surface area contributed by atoms with Gasteiger partial charge in [-0.3, -0.25) is 0 Å². The molecule has 1 aromatic carbocycles. The summed E-state index contributed by atoms with van der Waals surface area (Å²) in [6.45, 7) is 7.49. The van der Waals surface area contributed by atoms with Crippen LogP contribution in [0.15, 0.2) is 47.4 Å². The van der Waals surface area contributed by atoms with Crippen LogP contribution in [0, 0.1) is 5.92 Å². The molecule has 3 nitrogen and oxygen atoms in total. The molecule has 0 saturated heterocycles. The lowest BCUT2D eigenvalue weighted by molar-refractivity contribution is 0.228. The van der Waals surface area contributed by atoms with Crippen LogP contribution in [0.1, 0.15) is 26.7 Å². The molecule has 4 heteroatoms. The largest absolute Gasteiger partial charge is 0.396 e. The fourth-order valence-electron chi connectivity index (χ4n) is 2.03. The van der Waals surface area contributed by atoms with Crippen molar-refractivity contribution in [3.05, 3.63) is 42.5 Å². The van der Waals surface area contributed by atoms with Gasteiger partial charge in [0, 0.05) is 6.61 Å². The summed E-state index contributed by atoms with van der Waals surface area (Å²) < 4.78 is 25.2. The number of hydrogen-bond acceptors (Lipinski definition) is 3. The first-order valence-corrected chi connectivity index (χ1v) is 7.96. The first-order valence-electron chi connectivity index (χ1n) is 6.42. The second kappa shape index (κ2) is 6.87. The molecule has 0 radical (unpaired) electrons. The Bertz CT molecular complexity index is 505. The minimum atomic E-state index is -3.37. The van der Waals surface area contributed by atoms with E-state index in [0.29, 0.717) is 17.7 Å². The first kappa shape index (κ1) is 15.9. The van der Waals surface area contributed by atoms with Crippen molar-refractivity contribution in [1.29, 1.82) is 0 Å². The van der Waals surface area contributed by atoms with Crippen molar-refractivity contribution in [3.63, 3.8) is 0 Å². The predicted molar refractivity (Wildman–Crippen MR) is 77.7 cm³/mol. The summed E-state index contributed by atoms with van der Waals surface area (Å²) in [5.74, 6) is -0.0390. The molecule has 106 valence electrons. The number of rotatable bonds is 7. The molecule has 19 heavy (non-hydrogen) atoms. The second-order valence-corrected chi connectivity index (χ2v) is 7.39. The Hall–Kier alpha value is -1.13. The molecule has 0 bridgehead atoms. The number of hydrogen-bond donors (Lipinski definition) is 1. The fraction of sp³-hybridized carbons (Fsp3) is 0.467. The van der Waals surface area contributed by atoms with Gasteiger partial charge in [-0.15, -0.1) is 6.58 Å². The lowest BCUT2D eigenvalue weighted by atomic mass is 10.0. The van der Waals surface area contributed by atoms with Gasteiger partial charge in [-0.25, -0.2) is 8.42 Å². The van der Waals surface area contributed by atoms with E-state index >= 15 is 0 Å². The van der Waals surface area contributed by atoms with Gasteiger partial charge >= 0.3 is 0 Å². The van der Waals surface area contributed by atoms with Crippen molar-refractivity contribution in [2.45, 2.75) is 36.8 Å². The van der Waals surface area contributed by atoms with Crippen LogP contribution in [0.5, 0.6) is 0 Å². The molecule has 0 aliphatic rings. The van der Waals surface area contributed by atoms with Crippen LogP contribution < -0.4 is 0 Å². The summed E-state index contributed by atoms with van der Waals surface area (Å²) in [5.41, 5.74) is 0.842. The van der Waals surface area contributed by atoms with E-state index in [1.807, 2.05) is 13.8 Å². The molecule has 0 heterocycles. The summed E-state index contributed by atoms with van der Waals surface area (Å²) in [4.78, 5) is 0.339. The maximum atomic E-state index is 12.6. The standard InChI is InChI=1S/C15H22O3S/c1-12(2)9-15(10-13(3)11-16)19(17,18)14-7-5-4-6-8-14/h4-8,13,15-16H,1,9-11H2,2-3H3. The third-order valence-electron chi connectivity index (χ3n) is 3.06. The van der Waals surface area contributed by atoms with Gasteiger partial charge in [-0.1, -0.05) is 30.7 Å². The Kier molecular flexibility index (Phi) is 5.76. The van der Waals surface area contributed by atoms with Gasteiger partial charge in [0.05, 0.1) is 10.1 Å². The SMILES string of the molecule is C=C(C)CC(CC(C)CO)S(=O)(=O)c1ccccc1. The van der Waals surface area contributed by atoms with Crippen LogP contribution in [0.4, 0.5) is 0 Å². The summed E-state index contributed by atoms with van der Waals surface area (Å²) >= 11 is 0. The van der Waals surface area contributed by atoms with Crippen molar-refractivity contribution in [2.24, 2.45) is 5.92 Å². The van der Waals surface area contributed by atoms with E-state index in [1.165, 1.54) is 0 Å². The van der Waals surface area contributed by atoms with E-state index in [2.05, 4.69) is 6.58 Å². The average molecular weight is 282 g/mol. The number of benzene rings is 1. The van der Waals surface area contributed by atoms with Gasteiger partial charge < -0.3 is 5.11 Å². The van der Waals surface area contributed by atoms with Crippen molar-refractivity contribution < 1.29 is 13.5 Å². The molecule has 2 atom stereocenters. The zero-order valence-electron chi connectivity index (χ0n) is 11.5. The number of aliphatic hydroxyl groups excluding tert-OH is 1. The minimum Gasteiger partial charge on any atom is -0.396 e. The van der Waals surface area contributed by atoms with Crippen LogP contribution in [0.25, 0.3) is 0 Å². The quantitative estimate of drug-likeness (QED) is 0.782. The Labute approximate surface area is 115 Å². The Morgan fingerprint density at radius 3 is 2.37 bits per heavy atom. The van der Waals surface area contributed by atoms with Gasteiger partial charge in [0.2, 0.25) is 0 Å². The fourth-order valence-corrected chi connectivity index (χ4v) is 4.04. The molecule has 0 fully saturated rings.